The molecule has 0 radical (unpaired) electrons. The maximum Gasteiger partial charge on any atom is 0.309 e. The second-order valence-electron chi connectivity index (χ2n) is 4.92. The van der Waals surface area contributed by atoms with Crippen LogP contribution in [-0.2, 0) is 4.79 Å². The van der Waals surface area contributed by atoms with Crippen molar-refractivity contribution >= 4 is 29.2 Å². The average molecular weight is 285 g/mol. The first-order valence-corrected chi connectivity index (χ1v) is 6.18. The lowest BCUT2D eigenvalue weighted by Crippen LogP contribution is -2.26. The fourth-order valence-corrected chi connectivity index (χ4v) is 1.67. The van der Waals surface area contributed by atoms with Gasteiger partial charge < -0.3 is 16.2 Å². The molecule has 0 aliphatic heterocycles. The third-order valence-corrected chi connectivity index (χ3v) is 3.13. The van der Waals surface area contributed by atoms with Crippen molar-refractivity contribution in [2.24, 2.45) is 11.1 Å². The summed E-state index contributed by atoms with van der Waals surface area (Å²) in [6, 6.07) is 4.71. The number of carbonyl (C=O) groups excluding carboxylic acids is 1. The Hall–Kier alpha value is -1.75. The van der Waals surface area contributed by atoms with Gasteiger partial charge in [-0.05, 0) is 38.5 Å². The van der Waals surface area contributed by atoms with Crippen LogP contribution in [0.15, 0.2) is 18.2 Å². The van der Waals surface area contributed by atoms with E-state index in [0.29, 0.717) is 29.2 Å². The first-order chi connectivity index (χ1) is 8.74. The fraction of sp³-hybridized carbons (Fsp3) is 0.385. The number of amides is 1. The zero-order valence-corrected chi connectivity index (χ0v) is 11.6. The SMILES string of the molecule is CC(C)(CCNc1cc(Cl)ccc1C(N)=O)C(=O)O. The number of benzene rings is 1. The number of nitrogens with two attached hydrogens (primary N) is 1. The molecule has 0 heterocycles. The van der Waals surface area contributed by atoms with Crippen LogP contribution >= 0.6 is 11.6 Å². The van der Waals surface area contributed by atoms with Crippen LogP contribution in [0.2, 0.25) is 5.02 Å². The Balaban J connectivity index is 2.75. The number of hydrogen-bond acceptors (Lipinski definition) is 3. The predicted octanol–water partition coefficient (Wildman–Crippen LogP) is 2.35. The van der Waals surface area contributed by atoms with E-state index in [2.05, 4.69) is 5.32 Å². The summed E-state index contributed by atoms with van der Waals surface area (Å²) in [5, 5.41) is 12.5. The molecule has 0 spiro atoms. The molecule has 1 amide bonds. The molecule has 4 N–H and O–H groups in total. The van der Waals surface area contributed by atoms with Gasteiger partial charge >= 0.3 is 5.97 Å². The van der Waals surface area contributed by atoms with Crippen molar-refractivity contribution < 1.29 is 14.7 Å². The summed E-state index contributed by atoms with van der Waals surface area (Å²) >= 11 is 5.85. The van der Waals surface area contributed by atoms with Gasteiger partial charge in [-0.25, -0.2) is 0 Å². The largest absolute Gasteiger partial charge is 0.481 e. The van der Waals surface area contributed by atoms with E-state index in [9.17, 15) is 9.59 Å². The van der Waals surface area contributed by atoms with Gasteiger partial charge in [0.15, 0.2) is 0 Å². The Bertz CT molecular complexity index is 501. The van der Waals surface area contributed by atoms with Gasteiger partial charge in [-0.15, -0.1) is 0 Å². The number of anilines is 1. The molecule has 1 rings (SSSR count). The van der Waals surface area contributed by atoms with E-state index in [4.69, 9.17) is 22.4 Å². The molecule has 0 aliphatic carbocycles. The number of halogens is 1. The van der Waals surface area contributed by atoms with Gasteiger partial charge in [0.05, 0.1) is 11.0 Å². The van der Waals surface area contributed by atoms with Gasteiger partial charge in [-0.2, -0.15) is 0 Å². The van der Waals surface area contributed by atoms with Gasteiger partial charge in [-0.3, -0.25) is 9.59 Å². The second-order valence-corrected chi connectivity index (χ2v) is 5.36. The molecule has 0 atom stereocenters. The number of carboxylic acids is 1. The molecule has 0 bridgehead atoms. The number of hydrogen-bond donors (Lipinski definition) is 3. The topological polar surface area (TPSA) is 92.4 Å². The van der Waals surface area contributed by atoms with Gasteiger partial charge in [-0.1, -0.05) is 11.6 Å². The van der Waals surface area contributed by atoms with Crippen molar-refractivity contribution in [3.8, 4) is 0 Å². The van der Waals surface area contributed by atoms with Crippen molar-refractivity contribution in [2.45, 2.75) is 20.3 Å². The predicted molar refractivity (Wildman–Crippen MR) is 74.5 cm³/mol. The molecule has 0 aromatic heterocycles. The minimum absolute atomic E-state index is 0.331. The highest BCUT2D eigenvalue weighted by Crippen LogP contribution is 2.23. The van der Waals surface area contributed by atoms with Gasteiger partial charge in [0, 0.05) is 17.3 Å². The van der Waals surface area contributed by atoms with Gasteiger partial charge in [0.2, 0.25) is 0 Å². The lowest BCUT2D eigenvalue weighted by Gasteiger charge is -2.20. The standard InChI is InChI=1S/C13H17ClN2O3/c1-13(2,12(18)19)5-6-16-10-7-8(14)3-4-9(10)11(15)17/h3-4,7,16H,5-6H2,1-2H3,(H2,15,17)(H,18,19). The first-order valence-electron chi connectivity index (χ1n) is 5.80. The molecule has 0 saturated carbocycles. The molecule has 1 aromatic rings. The molecule has 19 heavy (non-hydrogen) atoms. The summed E-state index contributed by atoms with van der Waals surface area (Å²) in [7, 11) is 0. The molecular weight excluding hydrogens is 268 g/mol. The van der Waals surface area contributed by atoms with Crippen LogP contribution in [0.25, 0.3) is 0 Å². The number of rotatable bonds is 6. The summed E-state index contributed by atoms with van der Waals surface area (Å²) in [5.41, 5.74) is 5.27. The molecular formula is C13H17ClN2O3. The van der Waals surface area contributed by atoms with Crippen molar-refractivity contribution in [3.05, 3.63) is 28.8 Å². The Kier molecular flexibility index (Phi) is 4.78. The maximum absolute atomic E-state index is 11.2. The molecule has 0 fully saturated rings. The van der Waals surface area contributed by atoms with E-state index in [1.165, 1.54) is 6.07 Å². The number of primary amides is 1. The van der Waals surface area contributed by atoms with Crippen molar-refractivity contribution in [1.82, 2.24) is 0 Å². The molecule has 6 heteroatoms. The number of aliphatic carboxylic acids is 1. The van der Waals surface area contributed by atoms with E-state index >= 15 is 0 Å². The highest BCUT2D eigenvalue weighted by Gasteiger charge is 2.26. The quantitative estimate of drug-likeness (QED) is 0.747. The monoisotopic (exact) mass is 284 g/mol. The molecule has 1 aromatic carbocycles. The van der Waals surface area contributed by atoms with Crippen LogP contribution in [0.4, 0.5) is 5.69 Å². The van der Waals surface area contributed by atoms with Crippen LogP contribution in [0.1, 0.15) is 30.6 Å². The number of carbonyl (C=O) groups is 2. The average Bonchev–Trinajstić information content (AvgIpc) is 2.28. The van der Waals surface area contributed by atoms with Crippen LogP contribution in [0.5, 0.6) is 0 Å². The lowest BCUT2D eigenvalue weighted by atomic mass is 9.89. The van der Waals surface area contributed by atoms with E-state index in [1.54, 1.807) is 26.0 Å². The highest BCUT2D eigenvalue weighted by molar-refractivity contribution is 6.31. The minimum Gasteiger partial charge on any atom is -0.481 e. The van der Waals surface area contributed by atoms with Crippen LogP contribution in [0.3, 0.4) is 0 Å². The first kappa shape index (κ1) is 15.3. The third kappa shape index (κ3) is 4.13. The van der Waals surface area contributed by atoms with Gasteiger partial charge in [0.1, 0.15) is 0 Å². The summed E-state index contributed by atoms with van der Waals surface area (Å²) in [4.78, 5) is 22.2. The molecule has 0 unspecified atom stereocenters. The number of carboxylic acid groups (broad SMARTS) is 1. The van der Waals surface area contributed by atoms with Gasteiger partial charge in [0.25, 0.3) is 5.91 Å². The van der Waals surface area contributed by atoms with Crippen molar-refractivity contribution in [3.63, 3.8) is 0 Å². The summed E-state index contributed by atoms with van der Waals surface area (Å²) in [6.07, 6.45) is 0.410. The van der Waals surface area contributed by atoms with Crippen LogP contribution < -0.4 is 11.1 Å². The Morgan fingerprint density at radius 2 is 2.05 bits per heavy atom. The second kappa shape index (κ2) is 5.93. The van der Waals surface area contributed by atoms with E-state index < -0.39 is 17.3 Å². The molecule has 0 aliphatic rings. The Morgan fingerprint density at radius 1 is 1.42 bits per heavy atom. The summed E-state index contributed by atoms with van der Waals surface area (Å²) < 4.78 is 0. The summed E-state index contributed by atoms with van der Waals surface area (Å²) in [6.45, 7) is 3.69. The zero-order chi connectivity index (χ0) is 14.6. The van der Waals surface area contributed by atoms with E-state index in [-0.39, 0.29) is 0 Å². The fourth-order valence-electron chi connectivity index (χ4n) is 1.49. The molecule has 5 nitrogen and oxygen atoms in total. The Labute approximate surface area is 116 Å². The Morgan fingerprint density at radius 3 is 2.58 bits per heavy atom. The number of nitrogens with one attached hydrogen (secondary N) is 1. The van der Waals surface area contributed by atoms with Crippen molar-refractivity contribution in [1.29, 1.82) is 0 Å². The van der Waals surface area contributed by atoms with Crippen LogP contribution in [-0.4, -0.2) is 23.5 Å². The van der Waals surface area contributed by atoms with E-state index in [1.807, 2.05) is 0 Å². The third-order valence-electron chi connectivity index (χ3n) is 2.89. The zero-order valence-electron chi connectivity index (χ0n) is 10.9. The summed E-state index contributed by atoms with van der Waals surface area (Å²) in [5.74, 6) is -1.42. The van der Waals surface area contributed by atoms with Crippen molar-refractivity contribution in [2.75, 3.05) is 11.9 Å². The highest BCUT2D eigenvalue weighted by atomic mass is 35.5. The normalized spacial score (nSPS) is 11.1. The lowest BCUT2D eigenvalue weighted by molar-refractivity contribution is -0.147. The smallest absolute Gasteiger partial charge is 0.309 e. The molecule has 104 valence electrons. The van der Waals surface area contributed by atoms with Crippen LogP contribution in [0, 0.1) is 5.41 Å². The minimum atomic E-state index is -0.865. The molecule has 0 saturated heterocycles. The maximum atomic E-state index is 11.2. The van der Waals surface area contributed by atoms with E-state index in [0.717, 1.165) is 0 Å².